The summed E-state index contributed by atoms with van der Waals surface area (Å²) in [5.74, 6) is 1.02. The standard InChI is InChI=1S/C3H8N2OS/c6-5-4-2-1-3-7-5/h4,6H,1-3H2. The predicted octanol–water partition coefficient (Wildman–Crippen LogP) is 0.234. The molecule has 1 heterocycles. The van der Waals surface area contributed by atoms with E-state index in [0.717, 1.165) is 23.3 Å². The normalized spacial score (nSPS) is 25.3. The Kier molecular flexibility index (Phi) is 1.93. The topological polar surface area (TPSA) is 35.5 Å². The monoisotopic (exact) mass is 120 g/mol. The van der Waals surface area contributed by atoms with Crippen LogP contribution >= 0.6 is 11.9 Å². The molecule has 1 saturated heterocycles. The van der Waals surface area contributed by atoms with Crippen molar-refractivity contribution in [2.75, 3.05) is 12.3 Å². The van der Waals surface area contributed by atoms with Gasteiger partial charge in [-0.2, -0.15) is 0 Å². The lowest BCUT2D eigenvalue weighted by molar-refractivity contribution is -0.0354. The molecule has 0 aliphatic carbocycles. The van der Waals surface area contributed by atoms with E-state index in [4.69, 9.17) is 5.21 Å². The molecule has 0 aromatic carbocycles. The third-order valence-electron chi connectivity index (χ3n) is 0.782. The lowest BCUT2D eigenvalue weighted by atomic mass is 10.5. The summed E-state index contributed by atoms with van der Waals surface area (Å²) in [7, 11) is 0. The van der Waals surface area contributed by atoms with Gasteiger partial charge in [-0.3, -0.25) is 5.21 Å². The Bertz CT molecular complexity index is 54.9. The van der Waals surface area contributed by atoms with Gasteiger partial charge in [0.15, 0.2) is 0 Å². The summed E-state index contributed by atoms with van der Waals surface area (Å²) in [6.45, 7) is 0.892. The van der Waals surface area contributed by atoms with Crippen molar-refractivity contribution in [1.29, 1.82) is 0 Å². The van der Waals surface area contributed by atoms with E-state index in [0.29, 0.717) is 0 Å². The number of nitrogens with one attached hydrogen (secondary N) is 1. The number of nitrogens with zero attached hydrogens (tertiary/aromatic N) is 1. The SMILES string of the molecule is ON1NCCCS1. The molecule has 2 N–H and O–H groups in total. The largest absolute Gasteiger partial charge is 0.289 e. The first-order valence-electron chi connectivity index (χ1n) is 2.25. The number of hydrogen-bond acceptors (Lipinski definition) is 4. The zero-order valence-corrected chi connectivity index (χ0v) is 4.74. The van der Waals surface area contributed by atoms with Crippen molar-refractivity contribution < 1.29 is 5.21 Å². The van der Waals surface area contributed by atoms with E-state index in [2.05, 4.69) is 5.43 Å². The average Bonchev–Trinajstić information content (AvgIpc) is 1.69. The van der Waals surface area contributed by atoms with E-state index in [9.17, 15) is 0 Å². The fourth-order valence-electron chi connectivity index (χ4n) is 0.444. The Morgan fingerprint density at radius 2 is 2.57 bits per heavy atom. The number of hydrogen-bond donors (Lipinski definition) is 2. The van der Waals surface area contributed by atoms with Gasteiger partial charge in [-0.1, -0.05) is 4.58 Å². The zero-order chi connectivity index (χ0) is 5.11. The van der Waals surface area contributed by atoms with Gasteiger partial charge in [-0.05, 0) is 18.4 Å². The molecule has 1 aliphatic rings. The van der Waals surface area contributed by atoms with E-state index < -0.39 is 0 Å². The van der Waals surface area contributed by atoms with Crippen molar-refractivity contribution in [2.45, 2.75) is 6.42 Å². The van der Waals surface area contributed by atoms with Crippen molar-refractivity contribution in [3.05, 3.63) is 0 Å². The van der Waals surface area contributed by atoms with Crippen LogP contribution < -0.4 is 5.43 Å². The van der Waals surface area contributed by atoms with E-state index in [1.807, 2.05) is 0 Å². The van der Waals surface area contributed by atoms with E-state index in [-0.39, 0.29) is 0 Å². The van der Waals surface area contributed by atoms with Gasteiger partial charge in [-0.25, -0.2) is 5.43 Å². The molecule has 0 amide bonds. The minimum Gasteiger partial charge on any atom is -0.289 e. The van der Waals surface area contributed by atoms with Gasteiger partial charge in [0.2, 0.25) is 0 Å². The molecule has 4 heteroatoms. The smallest absolute Gasteiger partial charge is 0.0142 e. The van der Waals surface area contributed by atoms with Gasteiger partial charge in [0.25, 0.3) is 0 Å². The van der Waals surface area contributed by atoms with E-state index >= 15 is 0 Å². The maximum Gasteiger partial charge on any atom is 0.0142 e. The maximum atomic E-state index is 8.59. The third kappa shape index (κ3) is 1.65. The van der Waals surface area contributed by atoms with Crippen molar-refractivity contribution in [3.8, 4) is 0 Å². The first-order valence-corrected chi connectivity index (χ1v) is 3.19. The van der Waals surface area contributed by atoms with Crippen LogP contribution in [0.2, 0.25) is 0 Å². The highest BCUT2D eigenvalue weighted by Gasteiger charge is 2.04. The van der Waals surface area contributed by atoms with Crippen LogP contribution in [0.3, 0.4) is 0 Å². The molecular formula is C3H8N2OS. The number of hydrazine groups is 1. The van der Waals surface area contributed by atoms with Gasteiger partial charge in [0.05, 0.1) is 0 Å². The summed E-state index contributed by atoms with van der Waals surface area (Å²) in [5.41, 5.74) is 2.73. The molecule has 0 radical (unpaired) electrons. The van der Waals surface area contributed by atoms with Crippen molar-refractivity contribution in [2.24, 2.45) is 0 Å². The average molecular weight is 120 g/mol. The van der Waals surface area contributed by atoms with Crippen LogP contribution in [-0.4, -0.2) is 22.1 Å². The molecule has 0 bridgehead atoms. The minimum atomic E-state index is 0.892. The number of rotatable bonds is 0. The lowest BCUT2D eigenvalue weighted by Crippen LogP contribution is -2.34. The summed E-state index contributed by atoms with van der Waals surface area (Å²) in [6, 6.07) is 0. The van der Waals surface area contributed by atoms with E-state index in [1.54, 1.807) is 0 Å². The van der Waals surface area contributed by atoms with Gasteiger partial charge < -0.3 is 0 Å². The molecule has 0 aromatic rings. The minimum absolute atomic E-state index is 0.892. The van der Waals surface area contributed by atoms with Crippen molar-refractivity contribution in [1.82, 2.24) is 10.0 Å². The first kappa shape index (κ1) is 5.37. The summed E-state index contributed by atoms with van der Waals surface area (Å²) in [4.78, 5) is 0. The lowest BCUT2D eigenvalue weighted by Gasteiger charge is -2.18. The second-order valence-corrected chi connectivity index (χ2v) is 2.38. The fourth-order valence-corrected chi connectivity index (χ4v) is 1.07. The fraction of sp³-hybridized carbons (Fsp3) is 1.00. The molecule has 0 atom stereocenters. The summed E-state index contributed by atoms with van der Waals surface area (Å²) in [5, 5.41) is 8.59. The molecule has 0 spiro atoms. The van der Waals surface area contributed by atoms with Gasteiger partial charge in [-0.15, -0.1) is 0 Å². The Labute approximate surface area is 46.7 Å². The highest BCUT2D eigenvalue weighted by atomic mass is 32.2. The van der Waals surface area contributed by atoms with Crippen LogP contribution in [0, 0.1) is 0 Å². The quantitative estimate of drug-likeness (QED) is 0.449. The van der Waals surface area contributed by atoms with Crippen molar-refractivity contribution >= 4 is 11.9 Å². The van der Waals surface area contributed by atoms with Gasteiger partial charge in [0.1, 0.15) is 0 Å². The van der Waals surface area contributed by atoms with Crippen LogP contribution in [0.4, 0.5) is 0 Å². The van der Waals surface area contributed by atoms with E-state index in [1.165, 1.54) is 11.9 Å². The Hall–Kier alpha value is 0.230. The highest BCUT2D eigenvalue weighted by Crippen LogP contribution is 2.07. The summed E-state index contributed by atoms with van der Waals surface area (Å²) < 4.78 is 1.06. The zero-order valence-electron chi connectivity index (χ0n) is 3.92. The van der Waals surface area contributed by atoms with Crippen LogP contribution in [0.1, 0.15) is 6.42 Å². The second-order valence-electron chi connectivity index (χ2n) is 1.37. The van der Waals surface area contributed by atoms with Crippen LogP contribution in [0.5, 0.6) is 0 Å². The Morgan fingerprint density at radius 1 is 1.71 bits per heavy atom. The van der Waals surface area contributed by atoms with Crippen LogP contribution in [0.25, 0.3) is 0 Å². The van der Waals surface area contributed by atoms with Crippen molar-refractivity contribution in [3.63, 3.8) is 0 Å². The van der Waals surface area contributed by atoms with Crippen LogP contribution in [-0.2, 0) is 0 Å². The molecular weight excluding hydrogens is 112 g/mol. The van der Waals surface area contributed by atoms with Gasteiger partial charge in [0, 0.05) is 12.3 Å². The molecule has 0 saturated carbocycles. The molecule has 0 aromatic heterocycles. The Morgan fingerprint density at radius 3 is 2.86 bits per heavy atom. The van der Waals surface area contributed by atoms with Crippen LogP contribution in [0.15, 0.2) is 0 Å². The summed E-state index contributed by atoms with van der Waals surface area (Å²) >= 11 is 1.40. The van der Waals surface area contributed by atoms with Gasteiger partial charge >= 0.3 is 0 Å². The molecule has 7 heavy (non-hydrogen) atoms. The summed E-state index contributed by atoms with van der Waals surface area (Å²) in [6.07, 6.45) is 1.14. The third-order valence-corrected chi connectivity index (χ3v) is 1.63. The molecule has 42 valence electrons. The molecule has 1 rings (SSSR count). The highest BCUT2D eigenvalue weighted by molar-refractivity contribution is 7.96. The first-order chi connectivity index (χ1) is 3.39. The molecule has 3 nitrogen and oxygen atoms in total. The molecule has 1 fully saturated rings. The molecule has 1 aliphatic heterocycles. The molecule has 0 unspecified atom stereocenters. The second kappa shape index (κ2) is 2.52. The predicted molar refractivity (Wildman–Crippen MR) is 28.7 cm³/mol. The maximum absolute atomic E-state index is 8.59. The Balaban J connectivity index is 2.12.